The Balaban J connectivity index is 1.36. The molecule has 0 saturated heterocycles. The molecule has 0 aromatic heterocycles. The van der Waals surface area contributed by atoms with Crippen molar-refractivity contribution in [2.45, 2.75) is 26.6 Å². The summed E-state index contributed by atoms with van der Waals surface area (Å²) in [5.41, 5.74) is 4.73. The van der Waals surface area contributed by atoms with Crippen LogP contribution < -0.4 is 14.2 Å². The van der Waals surface area contributed by atoms with E-state index in [-0.39, 0.29) is 11.9 Å². The van der Waals surface area contributed by atoms with E-state index in [2.05, 4.69) is 13.0 Å². The molecule has 0 N–H and O–H groups in total. The Bertz CT molecular complexity index is 1240. The van der Waals surface area contributed by atoms with Crippen molar-refractivity contribution in [3.63, 3.8) is 0 Å². The van der Waals surface area contributed by atoms with Crippen molar-refractivity contribution in [2.24, 2.45) is 0 Å². The van der Waals surface area contributed by atoms with Gasteiger partial charge in [0.25, 0.3) is 0 Å². The van der Waals surface area contributed by atoms with E-state index in [4.69, 9.17) is 14.2 Å². The Morgan fingerprint density at radius 1 is 1.00 bits per heavy atom. The number of hydrogen-bond acceptors (Lipinski definition) is 4. The average Bonchev–Trinajstić information content (AvgIpc) is 3.08. The molecule has 0 radical (unpaired) electrons. The van der Waals surface area contributed by atoms with Crippen molar-refractivity contribution in [1.82, 2.24) is 0 Å². The van der Waals surface area contributed by atoms with Gasteiger partial charge in [0.05, 0.1) is 5.56 Å². The van der Waals surface area contributed by atoms with Crippen molar-refractivity contribution in [2.75, 3.05) is 0 Å². The molecular weight excluding hydrogens is 388 g/mol. The molecule has 2 aliphatic heterocycles. The lowest BCUT2D eigenvalue weighted by atomic mass is 10.0. The topological polar surface area (TPSA) is 44.8 Å². The predicted molar refractivity (Wildman–Crippen MR) is 120 cm³/mol. The minimum Gasteiger partial charge on any atom is -0.489 e. The van der Waals surface area contributed by atoms with Crippen LogP contribution in [0.4, 0.5) is 0 Å². The zero-order valence-electron chi connectivity index (χ0n) is 17.4. The molecule has 0 spiro atoms. The Morgan fingerprint density at radius 2 is 1.81 bits per heavy atom. The minimum absolute atomic E-state index is 0.132. The highest BCUT2D eigenvalue weighted by molar-refractivity contribution is 6.12. The first-order chi connectivity index (χ1) is 15.1. The second-order valence-electron chi connectivity index (χ2n) is 7.76. The minimum atomic E-state index is -0.171. The van der Waals surface area contributed by atoms with Gasteiger partial charge in [0.1, 0.15) is 30.0 Å². The molecule has 0 unspecified atom stereocenters. The molecule has 0 fully saturated rings. The molecule has 2 aliphatic rings. The third kappa shape index (κ3) is 3.73. The largest absolute Gasteiger partial charge is 0.489 e. The fourth-order valence-corrected chi connectivity index (χ4v) is 3.76. The summed E-state index contributed by atoms with van der Waals surface area (Å²) in [4.78, 5) is 12.9. The summed E-state index contributed by atoms with van der Waals surface area (Å²) in [5.74, 6) is 2.19. The van der Waals surface area contributed by atoms with E-state index in [1.54, 1.807) is 18.2 Å². The molecule has 31 heavy (non-hydrogen) atoms. The molecule has 5 rings (SSSR count). The van der Waals surface area contributed by atoms with Crippen LogP contribution in [0.15, 0.2) is 84.1 Å². The molecule has 154 valence electrons. The number of benzene rings is 3. The molecular formula is C27H22O4. The van der Waals surface area contributed by atoms with Crippen LogP contribution in [0.1, 0.15) is 34.0 Å². The number of allylic oxidation sites excluding steroid dienone is 1. The lowest BCUT2D eigenvalue weighted by molar-refractivity contribution is 0.101. The van der Waals surface area contributed by atoms with Gasteiger partial charge in [-0.25, -0.2) is 0 Å². The van der Waals surface area contributed by atoms with E-state index >= 15 is 0 Å². The Kier molecular flexibility index (Phi) is 4.83. The van der Waals surface area contributed by atoms with Gasteiger partial charge in [0.2, 0.25) is 5.78 Å². The maximum Gasteiger partial charge on any atom is 0.231 e. The SMILES string of the molecule is Cc1ccccc1COc1ccc2c(c1)O/C(=C\C1=Cc3ccccc3O[C@@H]1C)C2=O. The molecule has 4 heteroatoms. The summed E-state index contributed by atoms with van der Waals surface area (Å²) in [6, 6.07) is 21.3. The van der Waals surface area contributed by atoms with Crippen LogP contribution in [0.5, 0.6) is 17.2 Å². The fraction of sp³-hybridized carbons (Fsp3) is 0.148. The quantitative estimate of drug-likeness (QED) is 0.503. The smallest absolute Gasteiger partial charge is 0.231 e. The number of para-hydroxylation sites is 1. The maximum absolute atomic E-state index is 12.9. The van der Waals surface area contributed by atoms with Gasteiger partial charge in [-0.2, -0.15) is 0 Å². The number of rotatable bonds is 4. The van der Waals surface area contributed by atoms with E-state index in [9.17, 15) is 4.79 Å². The first-order valence-electron chi connectivity index (χ1n) is 10.3. The molecule has 1 atom stereocenters. The summed E-state index contributed by atoms with van der Waals surface area (Å²) in [5, 5.41) is 0. The van der Waals surface area contributed by atoms with Gasteiger partial charge in [-0.3, -0.25) is 4.79 Å². The van der Waals surface area contributed by atoms with Crippen molar-refractivity contribution in [3.8, 4) is 17.2 Å². The van der Waals surface area contributed by atoms with Crippen molar-refractivity contribution in [1.29, 1.82) is 0 Å². The lowest BCUT2D eigenvalue weighted by Crippen LogP contribution is -2.18. The highest BCUT2D eigenvalue weighted by Crippen LogP contribution is 2.36. The molecule has 0 saturated carbocycles. The van der Waals surface area contributed by atoms with Gasteiger partial charge < -0.3 is 14.2 Å². The van der Waals surface area contributed by atoms with Crippen LogP contribution in [0.25, 0.3) is 6.08 Å². The van der Waals surface area contributed by atoms with Crippen LogP contribution >= 0.6 is 0 Å². The predicted octanol–water partition coefficient (Wildman–Crippen LogP) is 5.90. The third-order valence-corrected chi connectivity index (χ3v) is 5.61. The van der Waals surface area contributed by atoms with Gasteiger partial charge in [0, 0.05) is 11.6 Å². The molecule has 0 aliphatic carbocycles. The highest BCUT2D eigenvalue weighted by Gasteiger charge is 2.29. The summed E-state index contributed by atoms with van der Waals surface area (Å²) >= 11 is 0. The summed E-state index contributed by atoms with van der Waals surface area (Å²) in [7, 11) is 0. The number of Topliss-reactive ketones (excluding diaryl/α,β-unsaturated/α-hetero) is 1. The molecule has 3 aromatic carbocycles. The zero-order chi connectivity index (χ0) is 21.4. The zero-order valence-corrected chi connectivity index (χ0v) is 17.4. The number of fused-ring (bicyclic) bond motifs is 2. The fourth-order valence-electron chi connectivity index (χ4n) is 3.76. The Labute approximate surface area is 181 Å². The number of aryl methyl sites for hydroxylation is 1. The standard InChI is InChI=1S/C27H22O4/c1-17-7-3-4-9-20(17)16-29-22-11-12-23-25(15-22)31-26(27(23)28)14-21-13-19-8-5-6-10-24(19)30-18(21)2/h3-15,18H,16H2,1-2H3/b26-14-/t18-/m1/s1. The average molecular weight is 410 g/mol. The van der Waals surface area contributed by atoms with E-state index in [1.165, 1.54) is 5.56 Å². The number of ketones is 1. The second kappa shape index (κ2) is 7.80. The summed E-state index contributed by atoms with van der Waals surface area (Å²) < 4.78 is 17.8. The molecule has 3 aromatic rings. The molecule has 0 amide bonds. The lowest BCUT2D eigenvalue weighted by Gasteiger charge is -2.22. The van der Waals surface area contributed by atoms with E-state index < -0.39 is 0 Å². The van der Waals surface area contributed by atoms with E-state index in [0.29, 0.717) is 29.4 Å². The summed E-state index contributed by atoms with van der Waals surface area (Å²) in [6.07, 6.45) is 3.64. The molecule has 2 heterocycles. The van der Waals surface area contributed by atoms with Crippen LogP contribution in [0, 0.1) is 6.92 Å². The monoisotopic (exact) mass is 410 g/mol. The van der Waals surface area contributed by atoms with Crippen molar-refractivity contribution >= 4 is 11.9 Å². The van der Waals surface area contributed by atoms with Gasteiger partial charge in [-0.1, -0.05) is 42.5 Å². The second-order valence-corrected chi connectivity index (χ2v) is 7.76. The van der Waals surface area contributed by atoms with Crippen LogP contribution in [0.2, 0.25) is 0 Å². The van der Waals surface area contributed by atoms with Gasteiger partial charge >= 0.3 is 0 Å². The third-order valence-electron chi connectivity index (χ3n) is 5.61. The number of carbonyl (C=O) groups is 1. The van der Waals surface area contributed by atoms with Crippen molar-refractivity contribution in [3.05, 3.63) is 106 Å². The van der Waals surface area contributed by atoms with E-state index in [0.717, 1.165) is 22.4 Å². The van der Waals surface area contributed by atoms with Gasteiger partial charge in [0.15, 0.2) is 5.76 Å². The van der Waals surface area contributed by atoms with Crippen LogP contribution in [-0.2, 0) is 6.61 Å². The molecule has 4 nitrogen and oxygen atoms in total. The Hall–Kier alpha value is -3.79. The number of ether oxygens (including phenoxy) is 3. The van der Waals surface area contributed by atoms with Crippen LogP contribution in [-0.4, -0.2) is 11.9 Å². The number of carbonyl (C=O) groups excluding carboxylic acids is 1. The highest BCUT2D eigenvalue weighted by atomic mass is 16.5. The van der Waals surface area contributed by atoms with Crippen molar-refractivity contribution < 1.29 is 19.0 Å². The number of hydrogen-bond donors (Lipinski definition) is 0. The van der Waals surface area contributed by atoms with E-state index in [1.807, 2.05) is 61.5 Å². The molecule has 0 bridgehead atoms. The first kappa shape index (κ1) is 19.2. The van der Waals surface area contributed by atoms with Crippen LogP contribution in [0.3, 0.4) is 0 Å². The summed E-state index contributed by atoms with van der Waals surface area (Å²) in [6.45, 7) is 4.48. The van der Waals surface area contributed by atoms with Gasteiger partial charge in [-0.05, 0) is 60.9 Å². The maximum atomic E-state index is 12.9. The van der Waals surface area contributed by atoms with Gasteiger partial charge in [-0.15, -0.1) is 0 Å². The normalized spacial score (nSPS) is 18.0. The Morgan fingerprint density at radius 3 is 2.68 bits per heavy atom. The first-order valence-corrected chi connectivity index (χ1v) is 10.3.